The Morgan fingerprint density at radius 3 is 2.21 bits per heavy atom. The van der Waals surface area contributed by atoms with Crippen LogP contribution in [0.2, 0.25) is 0 Å². The molecule has 0 atom stereocenters. The second kappa shape index (κ2) is 10.5. The number of carboxylic acid groups (broad SMARTS) is 1. The molecule has 2 aliphatic heterocycles. The van der Waals surface area contributed by atoms with Gasteiger partial charge in [0.1, 0.15) is 11.3 Å². The van der Waals surface area contributed by atoms with Crippen LogP contribution in [0, 0.1) is 19.8 Å². The first-order chi connectivity index (χ1) is 18.9. The highest BCUT2D eigenvalue weighted by Gasteiger charge is 2.24. The van der Waals surface area contributed by atoms with Crippen LogP contribution in [0.4, 0.5) is 11.4 Å². The highest BCUT2D eigenvalue weighted by atomic mass is 16.4. The van der Waals surface area contributed by atoms with Crippen molar-refractivity contribution in [2.24, 2.45) is 5.92 Å². The van der Waals surface area contributed by atoms with E-state index in [1.807, 2.05) is 6.92 Å². The maximum absolute atomic E-state index is 11.3. The number of benzene rings is 2. The maximum atomic E-state index is 11.3. The van der Waals surface area contributed by atoms with Gasteiger partial charge in [0.15, 0.2) is 5.65 Å². The fourth-order valence-corrected chi connectivity index (χ4v) is 6.23. The Balaban J connectivity index is 1.19. The van der Waals surface area contributed by atoms with E-state index >= 15 is 0 Å². The molecule has 2 aromatic heterocycles. The molecule has 0 saturated carbocycles. The van der Waals surface area contributed by atoms with E-state index < -0.39 is 5.97 Å². The maximum Gasteiger partial charge on any atom is 0.306 e. The van der Waals surface area contributed by atoms with Crippen LogP contribution in [0.3, 0.4) is 0 Å². The first-order valence-electron chi connectivity index (χ1n) is 14.2. The van der Waals surface area contributed by atoms with E-state index in [1.54, 1.807) is 0 Å². The highest BCUT2D eigenvalue weighted by molar-refractivity contribution is 5.76. The van der Waals surface area contributed by atoms with Crippen molar-refractivity contribution in [3.63, 3.8) is 0 Å². The molecule has 1 fully saturated rings. The minimum Gasteiger partial charge on any atom is -0.481 e. The molecule has 4 aromatic rings. The number of likely N-dealkylation sites (tertiary alicyclic amines) is 1. The number of hydrogen-bond acceptors (Lipinski definition) is 5. The quantitative estimate of drug-likeness (QED) is 0.333. The number of fused-ring (bicyclic) bond motifs is 3. The molecule has 1 saturated heterocycles. The van der Waals surface area contributed by atoms with E-state index in [0.29, 0.717) is 0 Å². The molecule has 2 aromatic carbocycles. The van der Waals surface area contributed by atoms with Crippen LogP contribution in [-0.4, -0.2) is 43.6 Å². The molecule has 202 valence electrons. The number of imidazole rings is 1. The number of anilines is 2. The third kappa shape index (κ3) is 5.15. The number of nitrogens with one attached hydrogen (secondary N) is 1. The summed E-state index contributed by atoms with van der Waals surface area (Å²) in [6.45, 7) is 9.66. The Kier molecular flexibility index (Phi) is 6.85. The van der Waals surface area contributed by atoms with Crippen molar-refractivity contribution in [3.05, 3.63) is 81.8 Å². The van der Waals surface area contributed by atoms with Crippen molar-refractivity contribution >= 4 is 28.5 Å². The number of aromatic nitrogens is 3. The monoisotopic (exact) mass is 523 g/mol. The molecular weight excluding hydrogens is 486 g/mol. The van der Waals surface area contributed by atoms with E-state index in [2.05, 4.69) is 71.1 Å². The molecule has 0 radical (unpaired) electrons. The summed E-state index contributed by atoms with van der Waals surface area (Å²) in [5.41, 5.74) is 11.8. The zero-order valence-corrected chi connectivity index (χ0v) is 23.1. The summed E-state index contributed by atoms with van der Waals surface area (Å²) in [6, 6.07) is 15.6. The standard InChI is InChI=1S/C32H37N5O2/c1-4-29-35-30-20(2)15-21(3)33-31(30)37(29)19-23-6-10-28-26(17-23)8-7-25-16-22(5-9-27(25)34-28)18-36-13-11-24(12-14-36)32(38)39/h5-6,9-10,15-17,24,34H,4,7-8,11-14,18-19H2,1-3H3,(H,38,39). The van der Waals surface area contributed by atoms with Gasteiger partial charge in [-0.3, -0.25) is 9.69 Å². The number of nitrogens with zero attached hydrogens (tertiary/aromatic N) is 4. The molecule has 39 heavy (non-hydrogen) atoms. The van der Waals surface area contributed by atoms with Crippen molar-refractivity contribution in [1.29, 1.82) is 0 Å². The van der Waals surface area contributed by atoms with Gasteiger partial charge in [0.25, 0.3) is 0 Å². The molecule has 0 bridgehead atoms. The van der Waals surface area contributed by atoms with Crippen LogP contribution < -0.4 is 5.32 Å². The van der Waals surface area contributed by atoms with Crippen molar-refractivity contribution in [2.45, 2.75) is 66.0 Å². The number of pyridine rings is 1. The van der Waals surface area contributed by atoms with Crippen molar-refractivity contribution in [2.75, 3.05) is 18.4 Å². The summed E-state index contributed by atoms with van der Waals surface area (Å²) in [5, 5.41) is 13.0. The van der Waals surface area contributed by atoms with Crippen LogP contribution >= 0.6 is 0 Å². The topological polar surface area (TPSA) is 83.3 Å². The minimum atomic E-state index is -0.653. The summed E-state index contributed by atoms with van der Waals surface area (Å²) in [7, 11) is 0. The zero-order chi connectivity index (χ0) is 27.1. The van der Waals surface area contributed by atoms with Gasteiger partial charge in [-0.2, -0.15) is 0 Å². The summed E-state index contributed by atoms with van der Waals surface area (Å²) in [5.74, 6) is 0.234. The molecular formula is C32H37N5O2. The van der Waals surface area contributed by atoms with Crippen LogP contribution in [0.5, 0.6) is 0 Å². The summed E-state index contributed by atoms with van der Waals surface area (Å²) < 4.78 is 2.28. The molecule has 2 N–H and O–H groups in total. The molecule has 0 aliphatic carbocycles. The average Bonchev–Trinajstić information content (AvgIpc) is 3.16. The van der Waals surface area contributed by atoms with E-state index in [1.165, 1.54) is 39.2 Å². The van der Waals surface area contributed by atoms with Gasteiger partial charge in [-0.1, -0.05) is 31.2 Å². The first-order valence-corrected chi connectivity index (χ1v) is 14.2. The largest absolute Gasteiger partial charge is 0.481 e. The van der Waals surface area contributed by atoms with Crippen molar-refractivity contribution in [1.82, 2.24) is 19.4 Å². The lowest BCUT2D eigenvalue weighted by atomic mass is 9.96. The molecule has 7 heteroatoms. The number of carbonyl (C=O) groups is 1. The van der Waals surface area contributed by atoms with Crippen LogP contribution in [0.1, 0.15) is 59.1 Å². The Morgan fingerprint density at radius 2 is 1.59 bits per heavy atom. The fourth-order valence-electron chi connectivity index (χ4n) is 6.23. The zero-order valence-electron chi connectivity index (χ0n) is 23.1. The second-order valence-corrected chi connectivity index (χ2v) is 11.2. The number of rotatable bonds is 6. The smallest absolute Gasteiger partial charge is 0.306 e. The van der Waals surface area contributed by atoms with Crippen LogP contribution in [-0.2, 0) is 37.1 Å². The van der Waals surface area contributed by atoms with E-state index in [-0.39, 0.29) is 5.92 Å². The number of hydrogen-bond donors (Lipinski definition) is 2. The molecule has 4 heterocycles. The number of aryl methyl sites for hydroxylation is 5. The molecule has 7 nitrogen and oxygen atoms in total. The highest BCUT2D eigenvalue weighted by Crippen LogP contribution is 2.32. The minimum absolute atomic E-state index is 0.188. The Bertz CT molecular complexity index is 1550. The summed E-state index contributed by atoms with van der Waals surface area (Å²) in [4.78, 5) is 23.4. The van der Waals surface area contributed by atoms with E-state index in [0.717, 1.165) is 81.0 Å². The second-order valence-electron chi connectivity index (χ2n) is 11.2. The molecule has 0 spiro atoms. The van der Waals surface area contributed by atoms with Gasteiger partial charge in [0.05, 0.1) is 12.5 Å². The molecule has 0 amide bonds. The van der Waals surface area contributed by atoms with Gasteiger partial charge in [-0.15, -0.1) is 0 Å². The Labute approximate surface area is 229 Å². The van der Waals surface area contributed by atoms with Gasteiger partial charge in [-0.25, -0.2) is 9.97 Å². The van der Waals surface area contributed by atoms with Gasteiger partial charge >= 0.3 is 5.97 Å². The van der Waals surface area contributed by atoms with Crippen LogP contribution in [0.15, 0.2) is 42.5 Å². The first kappa shape index (κ1) is 25.6. The number of carboxylic acids is 1. The van der Waals surface area contributed by atoms with Gasteiger partial charge in [-0.05, 0) is 98.6 Å². The molecule has 0 unspecified atom stereocenters. The Hall–Kier alpha value is -3.71. The lowest BCUT2D eigenvalue weighted by molar-refractivity contribution is -0.143. The van der Waals surface area contributed by atoms with Crippen LogP contribution in [0.25, 0.3) is 11.2 Å². The van der Waals surface area contributed by atoms with Crippen molar-refractivity contribution < 1.29 is 9.90 Å². The SMILES string of the molecule is CCc1nc2c(C)cc(C)nc2n1Cc1ccc2c(c1)CCc1cc(CN3CCC(C(=O)O)CC3)ccc1N2. The third-order valence-electron chi connectivity index (χ3n) is 8.37. The lowest BCUT2D eigenvalue weighted by Gasteiger charge is -2.30. The molecule has 6 rings (SSSR count). The normalized spacial score (nSPS) is 16.0. The predicted molar refractivity (Wildman–Crippen MR) is 155 cm³/mol. The summed E-state index contributed by atoms with van der Waals surface area (Å²) >= 11 is 0. The third-order valence-corrected chi connectivity index (χ3v) is 8.37. The van der Waals surface area contributed by atoms with Crippen molar-refractivity contribution in [3.8, 4) is 0 Å². The lowest BCUT2D eigenvalue weighted by Crippen LogP contribution is -2.35. The predicted octanol–water partition coefficient (Wildman–Crippen LogP) is 5.80. The fraction of sp³-hybridized carbons (Fsp3) is 0.406. The van der Waals surface area contributed by atoms with E-state index in [4.69, 9.17) is 9.97 Å². The van der Waals surface area contributed by atoms with Gasteiger partial charge in [0, 0.05) is 30.0 Å². The number of piperidine rings is 1. The van der Waals surface area contributed by atoms with E-state index in [9.17, 15) is 9.90 Å². The Morgan fingerprint density at radius 1 is 0.949 bits per heavy atom. The molecule has 2 aliphatic rings. The van der Waals surface area contributed by atoms with Gasteiger partial charge in [0.2, 0.25) is 0 Å². The van der Waals surface area contributed by atoms with Gasteiger partial charge < -0.3 is 15.0 Å². The average molecular weight is 524 g/mol. The summed E-state index contributed by atoms with van der Waals surface area (Å²) in [6.07, 6.45) is 4.32. The number of aliphatic carboxylic acids is 1.